The SMILES string of the molecule is C[Si](C)(N1CC1)N1CC1. The van der Waals surface area contributed by atoms with E-state index in [0.29, 0.717) is 0 Å². The maximum absolute atomic E-state index is 2.64. The lowest BCUT2D eigenvalue weighted by Gasteiger charge is -2.24. The van der Waals surface area contributed by atoms with Gasteiger partial charge in [0.1, 0.15) is 0 Å². The van der Waals surface area contributed by atoms with Crippen molar-refractivity contribution < 1.29 is 0 Å². The molecule has 9 heavy (non-hydrogen) atoms. The monoisotopic (exact) mass is 142 g/mol. The fraction of sp³-hybridized carbons (Fsp3) is 1.00. The van der Waals surface area contributed by atoms with Crippen LogP contribution in [0, 0.1) is 0 Å². The molecule has 2 fully saturated rings. The Kier molecular flexibility index (Phi) is 1.04. The highest BCUT2D eigenvalue weighted by atomic mass is 28.3. The molecule has 0 atom stereocenters. The number of hydrogen-bond acceptors (Lipinski definition) is 2. The molecular formula is C6H14N2Si. The van der Waals surface area contributed by atoms with E-state index in [2.05, 4.69) is 22.2 Å². The first-order valence-electron chi connectivity index (χ1n) is 3.71. The third kappa shape index (κ3) is 0.932. The minimum atomic E-state index is -0.969. The minimum Gasteiger partial charge on any atom is -0.309 e. The van der Waals surface area contributed by atoms with Crippen molar-refractivity contribution in [1.29, 1.82) is 0 Å². The van der Waals surface area contributed by atoms with Crippen molar-refractivity contribution in [3.05, 3.63) is 0 Å². The van der Waals surface area contributed by atoms with Crippen LogP contribution >= 0.6 is 0 Å². The Balaban J connectivity index is 2.01. The first-order valence-corrected chi connectivity index (χ1v) is 6.61. The van der Waals surface area contributed by atoms with Crippen molar-refractivity contribution in [3.8, 4) is 0 Å². The first kappa shape index (κ1) is 5.89. The second-order valence-electron chi connectivity index (χ2n) is 3.47. The fourth-order valence-electron chi connectivity index (χ4n) is 1.39. The molecular weight excluding hydrogens is 128 g/mol. The molecule has 0 amide bonds. The predicted octanol–water partition coefficient (Wildman–Crippen LogP) is 0.319. The van der Waals surface area contributed by atoms with E-state index in [9.17, 15) is 0 Å². The summed E-state index contributed by atoms with van der Waals surface area (Å²) in [4.78, 5) is 0. The van der Waals surface area contributed by atoms with Crippen molar-refractivity contribution in [1.82, 2.24) is 9.13 Å². The summed E-state index contributed by atoms with van der Waals surface area (Å²) in [5, 5.41) is 0. The van der Waals surface area contributed by atoms with E-state index in [1.54, 1.807) is 0 Å². The highest BCUT2D eigenvalue weighted by Crippen LogP contribution is 2.26. The van der Waals surface area contributed by atoms with Gasteiger partial charge in [0.2, 0.25) is 8.40 Å². The van der Waals surface area contributed by atoms with Gasteiger partial charge in [0.15, 0.2) is 0 Å². The lowest BCUT2D eigenvalue weighted by molar-refractivity contribution is 0.694. The third-order valence-corrected chi connectivity index (χ3v) is 6.43. The van der Waals surface area contributed by atoms with Crippen molar-refractivity contribution in [3.63, 3.8) is 0 Å². The van der Waals surface area contributed by atoms with Gasteiger partial charge < -0.3 is 9.13 Å². The van der Waals surface area contributed by atoms with Crippen LogP contribution in [-0.4, -0.2) is 43.7 Å². The topological polar surface area (TPSA) is 6.02 Å². The van der Waals surface area contributed by atoms with Gasteiger partial charge in [-0.15, -0.1) is 0 Å². The van der Waals surface area contributed by atoms with E-state index in [4.69, 9.17) is 0 Å². The molecule has 2 aliphatic rings. The van der Waals surface area contributed by atoms with Gasteiger partial charge in [0.05, 0.1) is 0 Å². The smallest absolute Gasteiger partial charge is 0.200 e. The normalized spacial score (nSPS) is 28.7. The Morgan fingerprint density at radius 1 is 0.889 bits per heavy atom. The van der Waals surface area contributed by atoms with E-state index < -0.39 is 8.40 Å². The molecule has 0 radical (unpaired) electrons. The van der Waals surface area contributed by atoms with Gasteiger partial charge in [0.25, 0.3) is 0 Å². The largest absolute Gasteiger partial charge is 0.309 e. The summed E-state index contributed by atoms with van der Waals surface area (Å²) in [5.41, 5.74) is 0. The molecule has 2 heterocycles. The Morgan fingerprint density at radius 2 is 1.22 bits per heavy atom. The maximum atomic E-state index is 2.64. The average Bonchev–Trinajstić information content (AvgIpc) is 2.62. The molecule has 2 saturated heterocycles. The van der Waals surface area contributed by atoms with Crippen LogP contribution < -0.4 is 0 Å². The zero-order valence-corrected chi connectivity index (χ0v) is 7.22. The van der Waals surface area contributed by atoms with Crippen molar-refractivity contribution >= 4 is 8.40 Å². The molecule has 2 rings (SSSR count). The molecule has 2 aliphatic heterocycles. The summed E-state index contributed by atoms with van der Waals surface area (Å²) in [6.07, 6.45) is 0. The average molecular weight is 142 g/mol. The lowest BCUT2D eigenvalue weighted by Crippen LogP contribution is -2.45. The van der Waals surface area contributed by atoms with E-state index in [-0.39, 0.29) is 0 Å². The van der Waals surface area contributed by atoms with Crippen LogP contribution in [0.25, 0.3) is 0 Å². The van der Waals surface area contributed by atoms with Crippen LogP contribution in [0.2, 0.25) is 13.1 Å². The summed E-state index contributed by atoms with van der Waals surface area (Å²) in [6.45, 7) is 10.4. The van der Waals surface area contributed by atoms with Crippen LogP contribution in [-0.2, 0) is 0 Å². The lowest BCUT2D eigenvalue weighted by atomic mass is 11.0. The van der Waals surface area contributed by atoms with Crippen molar-refractivity contribution in [2.45, 2.75) is 13.1 Å². The van der Waals surface area contributed by atoms with Crippen LogP contribution in [0.1, 0.15) is 0 Å². The molecule has 52 valence electrons. The Hall–Kier alpha value is 0.137. The maximum Gasteiger partial charge on any atom is 0.200 e. The number of nitrogens with zero attached hydrogens (tertiary/aromatic N) is 2. The summed E-state index contributed by atoms with van der Waals surface area (Å²) in [6, 6.07) is 0. The van der Waals surface area contributed by atoms with Crippen LogP contribution in [0.15, 0.2) is 0 Å². The minimum absolute atomic E-state index is 0.969. The Labute approximate surface area is 57.6 Å². The van der Waals surface area contributed by atoms with Gasteiger partial charge in [-0.1, -0.05) is 0 Å². The van der Waals surface area contributed by atoms with Gasteiger partial charge in [0, 0.05) is 26.2 Å². The van der Waals surface area contributed by atoms with Crippen LogP contribution in [0.5, 0.6) is 0 Å². The molecule has 0 unspecified atom stereocenters. The van der Waals surface area contributed by atoms with Gasteiger partial charge >= 0.3 is 0 Å². The quantitative estimate of drug-likeness (QED) is 0.404. The Morgan fingerprint density at radius 3 is 1.44 bits per heavy atom. The van der Waals surface area contributed by atoms with E-state index in [1.165, 1.54) is 26.2 Å². The molecule has 0 N–H and O–H groups in total. The number of rotatable bonds is 2. The molecule has 0 bridgehead atoms. The molecule has 3 heteroatoms. The van der Waals surface area contributed by atoms with Crippen molar-refractivity contribution in [2.75, 3.05) is 26.2 Å². The van der Waals surface area contributed by atoms with Gasteiger partial charge in [-0.05, 0) is 13.1 Å². The summed E-state index contributed by atoms with van der Waals surface area (Å²) >= 11 is 0. The molecule has 0 aromatic heterocycles. The Bertz CT molecular complexity index is 113. The molecule has 0 aromatic carbocycles. The van der Waals surface area contributed by atoms with E-state index in [0.717, 1.165) is 0 Å². The summed E-state index contributed by atoms with van der Waals surface area (Å²) < 4.78 is 5.28. The van der Waals surface area contributed by atoms with Crippen molar-refractivity contribution in [2.24, 2.45) is 0 Å². The second-order valence-corrected chi connectivity index (χ2v) is 7.72. The van der Waals surface area contributed by atoms with Gasteiger partial charge in [-0.2, -0.15) is 0 Å². The predicted molar refractivity (Wildman–Crippen MR) is 40.6 cm³/mol. The standard InChI is InChI=1S/C6H14N2Si/c1-9(2,7-3-4-7)8-5-6-8/h3-6H2,1-2H3. The number of hydrogen-bond donors (Lipinski definition) is 0. The molecule has 0 aliphatic carbocycles. The van der Waals surface area contributed by atoms with E-state index >= 15 is 0 Å². The molecule has 0 aromatic rings. The molecule has 2 nitrogen and oxygen atoms in total. The zero-order chi connectivity index (χ0) is 6.48. The highest BCUT2D eigenvalue weighted by molar-refractivity contribution is 6.73. The zero-order valence-electron chi connectivity index (χ0n) is 6.22. The highest BCUT2D eigenvalue weighted by Gasteiger charge is 2.46. The van der Waals surface area contributed by atoms with Crippen LogP contribution in [0.4, 0.5) is 0 Å². The first-order chi connectivity index (χ1) is 4.21. The summed E-state index contributed by atoms with van der Waals surface area (Å²) in [5.74, 6) is 0. The summed E-state index contributed by atoms with van der Waals surface area (Å²) in [7, 11) is -0.969. The second kappa shape index (κ2) is 1.59. The van der Waals surface area contributed by atoms with Gasteiger partial charge in [-0.3, -0.25) is 0 Å². The van der Waals surface area contributed by atoms with Gasteiger partial charge in [-0.25, -0.2) is 0 Å². The van der Waals surface area contributed by atoms with Crippen LogP contribution in [0.3, 0.4) is 0 Å². The third-order valence-electron chi connectivity index (χ3n) is 2.44. The fourth-order valence-corrected chi connectivity index (χ4v) is 4.18. The molecule has 0 saturated carbocycles. The van der Waals surface area contributed by atoms with E-state index in [1.807, 2.05) is 0 Å². The molecule has 0 spiro atoms.